The van der Waals surface area contributed by atoms with Crippen LogP contribution in [0.5, 0.6) is 0 Å². The zero-order chi connectivity index (χ0) is 32.4. The summed E-state index contributed by atoms with van der Waals surface area (Å²) in [5, 5.41) is 15.3. The Morgan fingerprint density at radius 2 is 1.86 bits per heavy atom. The third kappa shape index (κ3) is 8.03. The zero-order valence-electron chi connectivity index (χ0n) is 24.0. The summed E-state index contributed by atoms with van der Waals surface area (Å²) in [6.07, 6.45) is -0.473. The van der Waals surface area contributed by atoms with Gasteiger partial charge in [-0.05, 0) is 41.5 Å². The molecule has 1 aromatic rings. The Balaban J connectivity index is 1.83. The minimum atomic E-state index is -1.65. The third-order valence-electron chi connectivity index (χ3n) is 5.63. The highest BCUT2D eigenvalue weighted by Gasteiger charge is 2.54. The number of oxime groups is 1. The number of hydrogen-bond acceptors (Lipinski definition) is 14. The number of fused-ring (bicyclic) bond motifs is 1. The lowest BCUT2D eigenvalue weighted by Crippen LogP contribution is -2.71. The number of thioether (sulfide) groups is 1. The first-order valence-corrected chi connectivity index (χ1v) is 14.8. The van der Waals surface area contributed by atoms with E-state index >= 15 is 0 Å². The highest BCUT2D eigenvalue weighted by Crippen LogP contribution is 2.40. The van der Waals surface area contributed by atoms with Gasteiger partial charge in [-0.2, -0.15) is 0 Å². The highest BCUT2D eigenvalue weighted by molar-refractivity contribution is 8.00. The van der Waals surface area contributed by atoms with E-state index in [0.717, 1.165) is 28.0 Å². The van der Waals surface area contributed by atoms with Crippen LogP contribution in [0, 0.1) is 0 Å². The van der Waals surface area contributed by atoms with Crippen LogP contribution in [0.3, 0.4) is 0 Å². The van der Waals surface area contributed by atoms with Crippen LogP contribution in [-0.4, -0.2) is 91.2 Å². The number of aromatic nitrogens is 1. The minimum absolute atomic E-state index is 0.00778. The lowest BCUT2D eigenvalue weighted by Gasteiger charge is -2.49. The Labute approximate surface area is 259 Å². The van der Waals surface area contributed by atoms with Crippen LogP contribution < -0.4 is 11.1 Å². The van der Waals surface area contributed by atoms with Crippen molar-refractivity contribution >= 4 is 81.0 Å². The van der Waals surface area contributed by atoms with E-state index in [4.69, 9.17) is 31.6 Å². The van der Waals surface area contributed by atoms with Crippen LogP contribution in [0.1, 0.15) is 53.7 Å². The molecule has 2 aliphatic heterocycles. The van der Waals surface area contributed by atoms with Gasteiger partial charge in [0.25, 0.3) is 11.8 Å². The average Bonchev–Trinajstić information content (AvgIpc) is 3.21. The Bertz CT molecular complexity index is 1430. The van der Waals surface area contributed by atoms with Crippen LogP contribution in [0.15, 0.2) is 16.4 Å². The van der Waals surface area contributed by atoms with E-state index in [1.807, 2.05) is 0 Å². The van der Waals surface area contributed by atoms with E-state index in [2.05, 4.69) is 15.5 Å². The molecule has 4 N–H and O–H groups in total. The molecule has 0 unspecified atom stereocenters. The number of β-lactam (4-membered cyclic amide) rings is 1. The smallest absolute Gasteiger partial charge is 0.353 e. The maximum atomic E-state index is 13.4. The van der Waals surface area contributed by atoms with E-state index in [1.54, 1.807) is 20.8 Å². The third-order valence-corrected chi connectivity index (χ3v) is 8.06. The number of hydrogen-bond donors (Lipinski definition) is 3. The fourth-order valence-corrected chi connectivity index (χ4v) is 5.93. The van der Waals surface area contributed by atoms with Gasteiger partial charge in [-0.1, -0.05) is 28.1 Å². The molecule has 0 aliphatic carbocycles. The van der Waals surface area contributed by atoms with Gasteiger partial charge < -0.3 is 30.5 Å². The summed E-state index contributed by atoms with van der Waals surface area (Å²) in [7, 11) is 0. The first-order valence-electron chi connectivity index (χ1n) is 12.6. The second kappa shape index (κ2) is 12.9. The number of rotatable bonds is 11. The first-order chi connectivity index (χ1) is 19.8. The number of esters is 2. The van der Waals surface area contributed by atoms with Crippen LogP contribution >= 0.6 is 34.7 Å². The van der Waals surface area contributed by atoms with Gasteiger partial charge in [0.05, 0.1) is 0 Å². The van der Waals surface area contributed by atoms with Gasteiger partial charge in [0, 0.05) is 11.3 Å². The number of ketones is 1. The number of carboxylic acids is 1. The molecular formula is C25H30ClN5O10S2. The van der Waals surface area contributed by atoms with Crippen molar-refractivity contribution < 1.29 is 48.2 Å². The Morgan fingerprint density at radius 1 is 1.21 bits per heavy atom. The number of nitrogens with one attached hydrogen (secondary N) is 1. The van der Waals surface area contributed by atoms with Crippen LogP contribution in [0.2, 0.25) is 4.34 Å². The summed E-state index contributed by atoms with van der Waals surface area (Å²) in [4.78, 5) is 84.5. The SMILES string of the molecule is CC(=O)CC(=O)OCC1=C(C(=O)O)N2C(=O)[C@@H](NC(=O)/C(=N\OC(C)(C)C(=O)OC(C)(C)C)c3nc(N)sc3Cl)[C@H]2SC1. The number of thiazole rings is 1. The van der Waals surface area contributed by atoms with E-state index in [9.17, 15) is 33.9 Å². The Kier molecular flexibility index (Phi) is 10.1. The van der Waals surface area contributed by atoms with E-state index in [-0.39, 0.29) is 32.2 Å². The molecule has 43 heavy (non-hydrogen) atoms. The molecular weight excluding hydrogens is 630 g/mol. The molecule has 234 valence electrons. The summed E-state index contributed by atoms with van der Waals surface area (Å²) in [5.74, 6) is -5.13. The van der Waals surface area contributed by atoms with Crippen molar-refractivity contribution in [2.75, 3.05) is 18.1 Å². The van der Waals surface area contributed by atoms with Gasteiger partial charge in [-0.25, -0.2) is 14.6 Å². The first kappa shape index (κ1) is 33.8. The Hall–Kier alpha value is -3.70. The molecule has 3 heterocycles. The minimum Gasteiger partial charge on any atom is -0.477 e. The van der Waals surface area contributed by atoms with Crippen molar-refractivity contribution in [3.63, 3.8) is 0 Å². The van der Waals surface area contributed by atoms with E-state index in [0.29, 0.717) is 0 Å². The number of anilines is 1. The number of carboxylic acid groups (broad SMARTS) is 1. The summed E-state index contributed by atoms with van der Waals surface area (Å²) < 4.78 is 10.3. The number of amides is 2. The van der Waals surface area contributed by atoms with Gasteiger partial charge in [-0.3, -0.25) is 24.1 Å². The van der Waals surface area contributed by atoms with Crippen LogP contribution in [0.4, 0.5) is 5.13 Å². The fourth-order valence-electron chi connectivity index (χ4n) is 3.68. The summed E-state index contributed by atoms with van der Waals surface area (Å²) in [6, 6.07) is -1.19. The van der Waals surface area contributed by atoms with Crippen molar-refractivity contribution in [3.05, 3.63) is 21.3 Å². The highest BCUT2D eigenvalue weighted by atomic mass is 35.5. The average molecular weight is 660 g/mol. The largest absolute Gasteiger partial charge is 0.477 e. The van der Waals surface area contributed by atoms with Crippen molar-refractivity contribution in [1.82, 2.24) is 15.2 Å². The van der Waals surface area contributed by atoms with Gasteiger partial charge in [-0.15, -0.1) is 11.8 Å². The molecule has 0 saturated carbocycles. The standard InChI is InChI=1S/C25H30ClN5O10S2/c1-10(32)7-12(33)39-8-11-9-42-20-15(19(35)31(20)16(11)21(36)37)28-18(34)14(13-17(26)43-23(27)29-13)30-41-25(5,6)22(38)40-24(2,3)4/h15,20H,7-9H2,1-6H3,(H2,27,29)(H,28,34)(H,36,37)/b30-14-/t15-,20-/m1/s1. The second-order valence-corrected chi connectivity index (χ2v) is 13.6. The molecule has 0 radical (unpaired) electrons. The number of nitrogen functional groups attached to an aromatic ring is 1. The van der Waals surface area contributed by atoms with E-state index < -0.39 is 76.9 Å². The maximum absolute atomic E-state index is 13.4. The zero-order valence-corrected chi connectivity index (χ0v) is 26.4. The molecule has 15 nitrogen and oxygen atoms in total. The fraction of sp³-hybridized carbons (Fsp3) is 0.520. The maximum Gasteiger partial charge on any atom is 0.353 e. The van der Waals surface area contributed by atoms with Gasteiger partial charge in [0.15, 0.2) is 10.8 Å². The monoisotopic (exact) mass is 659 g/mol. The molecule has 2 aliphatic rings. The molecule has 1 saturated heterocycles. The molecule has 2 amide bonds. The number of nitrogens with two attached hydrogens (primary N) is 1. The number of carbonyl (C=O) groups is 6. The molecule has 18 heteroatoms. The van der Waals surface area contributed by atoms with Crippen molar-refractivity contribution in [2.45, 2.75) is 70.6 Å². The van der Waals surface area contributed by atoms with Gasteiger partial charge in [0.1, 0.15) is 51.6 Å². The summed E-state index contributed by atoms with van der Waals surface area (Å²) >= 11 is 8.19. The number of Topliss-reactive ketones (excluding diaryl/α,β-unsaturated/α-hetero) is 1. The molecule has 0 aromatic carbocycles. The Morgan fingerprint density at radius 3 is 2.40 bits per heavy atom. The molecule has 1 fully saturated rings. The number of ether oxygens (including phenoxy) is 2. The topological polar surface area (TPSA) is 217 Å². The predicted molar refractivity (Wildman–Crippen MR) is 155 cm³/mol. The van der Waals surface area contributed by atoms with Crippen molar-refractivity contribution in [2.24, 2.45) is 5.16 Å². The summed E-state index contributed by atoms with van der Waals surface area (Å²) in [6.45, 7) is 8.52. The van der Waals surface area contributed by atoms with Crippen molar-refractivity contribution in [3.8, 4) is 0 Å². The van der Waals surface area contributed by atoms with Crippen molar-refractivity contribution in [1.29, 1.82) is 0 Å². The lowest BCUT2D eigenvalue weighted by molar-refractivity contribution is -0.179. The number of halogens is 1. The van der Waals surface area contributed by atoms with E-state index in [1.165, 1.54) is 20.8 Å². The molecule has 3 rings (SSSR count). The number of aliphatic carboxylic acids is 1. The second-order valence-electron chi connectivity index (χ2n) is 10.9. The lowest BCUT2D eigenvalue weighted by atomic mass is 10.0. The molecule has 0 spiro atoms. The normalized spacial score (nSPS) is 18.8. The molecule has 2 atom stereocenters. The van der Waals surface area contributed by atoms with Crippen LogP contribution in [0.25, 0.3) is 0 Å². The van der Waals surface area contributed by atoms with Gasteiger partial charge in [0.2, 0.25) is 5.60 Å². The number of nitrogens with zero attached hydrogens (tertiary/aromatic N) is 3. The number of carbonyl (C=O) groups excluding carboxylic acids is 5. The van der Waals surface area contributed by atoms with Crippen LogP contribution in [-0.2, 0) is 43.1 Å². The van der Waals surface area contributed by atoms with Gasteiger partial charge >= 0.3 is 17.9 Å². The molecule has 1 aromatic heterocycles. The summed E-state index contributed by atoms with van der Waals surface area (Å²) in [5.41, 5.74) is 2.36. The molecule has 0 bridgehead atoms. The predicted octanol–water partition coefficient (Wildman–Crippen LogP) is 1.48. The quantitative estimate of drug-likeness (QED) is 0.101.